The van der Waals surface area contributed by atoms with Gasteiger partial charge in [0.15, 0.2) is 0 Å². The fraction of sp³-hybridized carbons (Fsp3) is 0.500. The molecule has 2 nitrogen and oxygen atoms in total. The van der Waals surface area contributed by atoms with Crippen molar-refractivity contribution in [2.24, 2.45) is 5.73 Å². The van der Waals surface area contributed by atoms with Gasteiger partial charge >= 0.3 is 0 Å². The quantitative estimate of drug-likeness (QED) is 0.822. The van der Waals surface area contributed by atoms with Crippen LogP contribution in [-0.4, -0.2) is 22.5 Å². The van der Waals surface area contributed by atoms with Gasteiger partial charge in [0.05, 0.1) is 0 Å². The van der Waals surface area contributed by atoms with Crippen molar-refractivity contribution in [1.82, 2.24) is 0 Å². The van der Waals surface area contributed by atoms with Gasteiger partial charge in [-0.1, -0.05) is 36.7 Å². The van der Waals surface area contributed by atoms with E-state index in [1.807, 2.05) is 30.0 Å². The zero-order valence-corrected chi connectivity index (χ0v) is 13.4. The van der Waals surface area contributed by atoms with Crippen molar-refractivity contribution in [1.29, 1.82) is 0 Å². The maximum atomic E-state index is 6.01. The predicted molar refractivity (Wildman–Crippen MR) is 90.5 cm³/mol. The zero-order chi connectivity index (χ0) is 13.8. The number of thiocarbonyl (C=S) groups is 1. The van der Waals surface area contributed by atoms with Gasteiger partial charge < -0.3 is 11.1 Å². The summed E-state index contributed by atoms with van der Waals surface area (Å²) in [7, 11) is 0. The molecule has 0 aromatic heterocycles. The van der Waals surface area contributed by atoms with Gasteiger partial charge in [0.2, 0.25) is 0 Å². The summed E-state index contributed by atoms with van der Waals surface area (Å²) < 4.78 is 0. The number of nitrogens with two attached hydrogens (primary N) is 1. The first-order valence-corrected chi connectivity index (χ1v) is 8.58. The Hall–Kier alpha value is -0.450. The molecule has 1 saturated carbocycles. The summed E-state index contributed by atoms with van der Waals surface area (Å²) in [4.78, 5) is 0.390. The molecule has 0 radical (unpaired) electrons. The number of halogens is 1. The van der Waals surface area contributed by atoms with Gasteiger partial charge in [-0.25, -0.2) is 0 Å². The number of nitrogens with one attached hydrogen (secondary N) is 1. The van der Waals surface area contributed by atoms with E-state index >= 15 is 0 Å². The van der Waals surface area contributed by atoms with Gasteiger partial charge in [0.1, 0.15) is 4.99 Å². The fourth-order valence-electron chi connectivity index (χ4n) is 2.59. The van der Waals surface area contributed by atoms with Gasteiger partial charge in [-0.2, -0.15) is 11.8 Å². The summed E-state index contributed by atoms with van der Waals surface area (Å²) in [6, 6.07) is 6.17. The lowest BCUT2D eigenvalue weighted by molar-refractivity contribution is 0.475. The van der Waals surface area contributed by atoms with Crippen molar-refractivity contribution in [3.63, 3.8) is 0 Å². The lowest BCUT2D eigenvalue weighted by atomic mass is 9.94. The molecule has 2 unspecified atom stereocenters. The molecule has 19 heavy (non-hydrogen) atoms. The van der Waals surface area contributed by atoms with Gasteiger partial charge in [-0.3, -0.25) is 0 Å². The van der Waals surface area contributed by atoms with E-state index in [2.05, 4.69) is 11.6 Å². The molecule has 1 aliphatic rings. The second-order valence-corrected chi connectivity index (χ2v) is 6.82. The predicted octanol–water partition coefficient (Wildman–Crippen LogP) is 4.06. The Bertz CT molecular complexity index is 465. The highest BCUT2D eigenvalue weighted by molar-refractivity contribution is 7.99. The first kappa shape index (κ1) is 14.9. The summed E-state index contributed by atoms with van der Waals surface area (Å²) >= 11 is 13.1. The van der Waals surface area contributed by atoms with E-state index in [9.17, 15) is 0 Å². The van der Waals surface area contributed by atoms with Crippen LogP contribution in [0, 0.1) is 0 Å². The summed E-state index contributed by atoms with van der Waals surface area (Å²) in [5, 5.41) is 4.93. The normalized spacial score (nSPS) is 23.1. The van der Waals surface area contributed by atoms with Crippen LogP contribution in [0.1, 0.15) is 31.2 Å². The minimum atomic E-state index is 0.390. The molecule has 104 valence electrons. The molecule has 0 bridgehead atoms. The minimum absolute atomic E-state index is 0.390. The third kappa shape index (κ3) is 3.77. The first-order chi connectivity index (χ1) is 9.11. The highest BCUT2D eigenvalue weighted by Gasteiger charge is 2.24. The standard InChI is InChI=1S/C14H19ClN2S2/c1-19-13-5-3-2-4-12(13)17-11-7-6-9(15)8-10(11)14(16)18/h6-8,12-13,17H,2-5H2,1H3,(H2,16,18). The molecule has 3 N–H and O–H groups in total. The molecular weight excluding hydrogens is 296 g/mol. The maximum Gasteiger partial charge on any atom is 0.106 e. The Balaban J connectivity index is 2.20. The maximum absolute atomic E-state index is 6.01. The van der Waals surface area contributed by atoms with Crippen LogP contribution in [-0.2, 0) is 0 Å². The zero-order valence-electron chi connectivity index (χ0n) is 11.0. The lowest BCUT2D eigenvalue weighted by Crippen LogP contribution is -2.35. The van der Waals surface area contributed by atoms with Crippen molar-refractivity contribution in [2.75, 3.05) is 11.6 Å². The Morgan fingerprint density at radius 2 is 2.16 bits per heavy atom. The van der Waals surface area contributed by atoms with E-state index < -0.39 is 0 Å². The summed E-state index contributed by atoms with van der Waals surface area (Å²) in [5.74, 6) is 0. The average Bonchev–Trinajstić information content (AvgIpc) is 2.41. The number of hydrogen-bond acceptors (Lipinski definition) is 3. The van der Waals surface area contributed by atoms with Crippen molar-refractivity contribution < 1.29 is 0 Å². The van der Waals surface area contributed by atoms with Crippen LogP contribution in [0.2, 0.25) is 5.02 Å². The molecule has 2 atom stereocenters. The number of benzene rings is 1. The highest BCUT2D eigenvalue weighted by atomic mass is 35.5. The summed E-state index contributed by atoms with van der Waals surface area (Å²) in [6.07, 6.45) is 7.26. The molecule has 0 saturated heterocycles. The Morgan fingerprint density at radius 3 is 2.84 bits per heavy atom. The van der Waals surface area contributed by atoms with Crippen molar-refractivity contribution in [3.8, 4) is 0 Å². The molecule has 1 fully saturated rings. The molecule has 1 aliphatic carbocycles. The Morgan fingerprint density at radius 1 is 1.42 bits per heavy atom. The van der Waals surface area contributed by atoms with Gasteiger partial charge in [-0.15, -0.1) is 0 Å². The third-order valence-corrected chi connectivity index (χ3v) is 5.22. The smallest absolute Gasteiger partial charge is 0.106 e. The first-order valence-electron chi connectivity index (χ1n) is 6.50. The number of anilines is 1. The molecule has 0 spiro atoms. The Labute approximate surface area is 129 Å². The molecule has 1 aromatic rings. The fourth-order valence-corrected chi connectivity index (χ4v) is 3.87. The van der Waals surface area contributed by atoms with Crippen LogP contribution in [0.25, 0.3) is 0 Å². The van der Waals surface area contributed by atoms with Gasteiger partial charge in [-0.05, 0) is 37.3 Å². The van der Waals surface area contributed by atoms with E-state index in [0.717, 1.165) is 11.3 Å². The molecule has 2 rings (SSSR count). The molecule has 5 heteroatoms. The van der Waals surface area contributed by atoms with Gasteiger partial charge in [0, 0.05) is 27.6 Å². The van der Waals surface area contributed by atoms with E-state index in [1.54, 1.807) is 0 Å². The number of thioether (sulfide) groups is 1. The molecular formula is C14H19ClN2S2. The van der Waals surface area contributed by atoms with Crippen LogP contribution in [0.4, 0.5) is 5.69 Å². The second-order valence-electron chi connectivity index (χ2n) is 4.86. The lowest BCUT2D eigenvalue weighted by Gasteiger charge is -2.32. The second kappa shape index (κ2) is 6.82. The third-order valence-electron chi connectivity index (χ3n) is 3.59. The van der Waals surface area contributed by atoms with Crippen molar-refractivity contribution in [3.05, 3.63) is 28.8 Å². The van der Waals surface area contributed by atoms with E-state index in [0.29, 0.717) is 21.3 Å². The van der Waals surface area contributed by atoms with Crippen LogP contribution >= 0.6 is 35.6 Å². The monoisotopic (exact) mass is 314 g/mol. The topological polar surface area (TPSA) is 38.0 Å². The molecule has 1 aromatic carbocycles. The Kier molecular flexibility index (Phi) is 5.37. The number of rotatable bonds is 4. The van der Waals surface area contributed by atoms with Crippen LogP contribution in [0.15, 0.2) is 18.2 Å². The van der Waals surface area contributed by atoms with Gasteiger partial charge in [0.25, 0.3) is 0 Å². The summed E-state index contributed by atoms with van der Waals surface area (Å²) in [6.45, 7) is 0. The molecule has 0 amide bonds. The number of hydrogen-bond donors (Lipinski definition) is 2. The van der Waals surface area contributed by atoms with Crippen LogP contribution in [0.3, 0.4) is 0 Å². The van der Waals surface area contributed by atoms with Crippen LogP contribution in [0.5, 0.6) is 0 Å². The molecule has 0 heterocycles. The van der Waals surface area contributed by atoms with E-state index in [4.69, 9.17) is 29.6 Å². The van der Waals surface area contributed by atoms with Crippen molar-refractivity contribution >= 4 is 46.3 Å². The minimum Gasteiger partial charge on any atom is -0.389 e. The highest BCUT2D eigenvalue weighted by Crippen LogP contribution is 2.31. The van der Waals surface area contributed by atoms with E-state index in [-0.39, 0.29) is 0 Å². The largest absolute Gasteiger partial charge is 0.389 e. The average molecular weight is 315 g/mol. The van der Waals surface area contributed by atoms with E-state index in [1.165, 1.54) is 25.7 Å². The molecule has 0 aliphatic heterocycles. The van der Waals surface area contributed by atoms with Crippen LogP contribution < -0.4 is 11.1 Å². The SMILES string of the molecule is CSC1CCCCC1Nc1ccc(Cl)cc1C(N)=S. The van der Waals surface area contributed by atoms with Crippen molar-refractivity contribution in [2.45, 2.75) is 37.0 Å². The summed E-state index contributed by atoms with van der Waals surface area (Å²) in [5.41, 5.74) is 7.63.